The highest BCUT2D eigenvalue weighted by Gasteiger charge is 2.29. The second kappa shape index (κ2) is 5.10. The lowest BCUT2D eigenvalue weighted by Gasteiger charge is -2.16. The largest absolute Gasteiger partial charge is 0.490 e. The first kappa shape index (κ1) is 14.0. The van der Waals surface area contributed by atoms with Crippen molar-refractivity contribution in [3.05, 3.63) is 28.4 Å². The van der Waals surface area contributed by atoms with Crippen molar-refractivity contribution >= 4 is 16.8 Å². The molecule has 0 spiro atoms. The normalized spacial score (nSPS) is 10.9. The maximum absolute atomic E-state index is 12.5. The highest BCUT2D eigenvalue weighted by molar-refractivity contribution is 5.88. The number of nitrogens with zero attached hydrogens (tertiary/aromatic N) is 1. The molecule has 1 aliphatic carbocycles. The Morgan fingerprint density at radius 2 is 1.73 bits per heavy atom. The molecular weight excluding hydrogens is 288 g/mol. The fourth-order valence-corrected chi connectivity index (χ4v) is 2.34. The van der Waals surface area contributed by atoms with Crippen molar-refractivity contribution in [2.45, 2.75) is 0 Å². The molecule has 0 fully saturated rings. The van der Waals surface area contributed by atoms with E-state index in [4.69, 9.17) is 24.4 Å². The Balaban J connectivity index is 2.55. The Hall–Kier alpha value is -2.96. The highest BCUT2D eigenvalue weighted by Crippen LogP contribution is 2.44. The Bertz CT molecular complexity index is 887. The van der Waals surface area contributed by atoms with Gasteiger partial charge in [-0.3, -0.25) is 4.79 Å². The van der Waals surface area contributed by atoms with Crippen molar-refractivity contribution in [1.82, 2.24) is 4.98 Å². The summed E-state index contributed by atoms with van der Waals surface area (Å²) in [7, 11) is 4.23. The second-order valence-corrected chi connectivity index (χ2v) is 4.52. The lowest BCUT2D eigenvalue weighted by molar-refractivity contribution is 0.318. The van der Waals surface area contributed by atoms with Crippen molar-refractivity contribution in [2.75, 3.05) is 27.1 Å². The molecule has 0 bridgehead atoms. The summed E-state index contributed by atoms with van der Waals surface area (Å²) in [6.45, 7) is 0. The van der Waals surface area contributed by atoms with Crippen LogP contribution < -0.4 is 25.4 Å². The quantitative estimate of drug-likeness (QED) is 0.583. The molecule has 1 aromatic rings. The fraction of sp³-hybridized carbons (Fsp3) is 0.200. The molecule has 0 aromatic heterocycles. The molecule has 3 rings (SSSR count). The molecule has 1 aliphatic heterocycles. The van der Waals surface area contributed by atoms with E-state index in [0.29, 0.717) is 16.8 Å². The summed E-state index contributed by atoms with van der Waals surface area (Å²) in [4.78, 5) is 16.9. The Morgan fingerprint density at radius 3 is 2.36 bits per heavy atom. The molecule has 2 N–H and O–H groups in total. The van der Waals surface area contributed by atoms with Gasteiger partial charge in [-0.2, -0.15) is 0 Å². The third-order valence-electron chi connectivity index (χ3n) is 3.33. The van der Waals surface area contributed by atoms with E-state index in [1.807, 2.05) is 0 Å². The number of hydrogen-bond acceptors (Lipinski definition) is 7. The Morgan fingerprint density at radius 1 is 1.05 bits per heavy atom. The summed E-state index contributed by atoms with van der Waals surface area (Å²) in [6, 6.07) is 5.12. The molecule has 114 valence electrons. The Kier molecular flexibility index (Phi) is 3.25. The van der Waals surface area contributed by atoms with Gasteiger partial charge in [0.2, 0.25) is 23.0 Å². The van der Waals surface area contributed by atoms with Crippen LogP contribution in [-0.4, -0.2) is 26.3 Å². The molecule has 0 saturated carbocycles. The number of nitrogen functional groups attached to an aromatic ring is 1. The van der Waals surface area contributed by atoms with E-state index >= 15 is 0 Å². The number of rotatable bonds is 3. The SMILES string of the molecule is COc1c2oc3c(N)cccc3nc-2c(=O)c(OC)c1OC. The predicted octanol–water partition coefficient (Wildman–Crippen LogP) is 1.90. The maximum Gasteiger partial charge on any atom is 0.253 e. The molecule has 2 aliphatic rings. The lowest BCUT2D eigenvalue weighted by Crippen LogP contribution is -2.14. The van der Waals surface area contributed by atoms with E-state index in [1.54, 1.807) is 18.2 Å². The summed E-state index contributed by atoms with van der Waals surface area (Å²) in [5.41, 5.74) is 6.80. The Labute approximate surface area is 125 Å². The summed E-state index contributed by atoms with van der Waals surface area (Å²) >= 11 is 0. The van der Waals surface area contributed by atoms with Crippen LogP contribution in [0.1, 0.15) is 0 Å². The minimum absolute atomic E-state index is 0.0119. The van der Waals surface area contributed by atoms with E-state index in [9.17, 15) is 4.79 Å². The van der Waals surface area contributed by atoms with Crippen LogP contribution in [0.15, 0.2) is 27.4 Å². The van der Waals surface area contributed by atoms with E-state index in [0.717, 1.165) is 0 Å². The number of para-hydroxylation sites is 1. The van der Waals surface area contributed by atoms with Gasteiger partial charge in [-0.1, -0.05) is 6.07 Å². The first-order valence-corrected chi connectivity index (χ1v) is 6.43. The van der Waals surface area contributed by atoms with Gasteiger partial charge in [-0.25, -0.2) is 4.98 Å². The maximum atomic E-state index is 12.5. The highest BCUT2D eigenvalue weighted by atomic mass is 16.5. The van der Waals surface area contributed by atoms with Crippen LogP contribution in [0.25, 0.3) is 22.6 Å². The molecule has 7 heteroatoms. The molecule has 1 aromatic carbocycles. The monoisotopic (exact) mass is 302 g/mol. The third kappa shape index (κ3) is 1.82. The standard InChI is InChI=1S/C15H14N2O5/c1-19-13-10(18)9-12(14(20-2)15(13)21-3)22-11-7(16)5-4-6-8(11)17-9/h4-6H,16H2,1-3H3. The van der Waals surface area contributed by atoms with Crippen LogP contribution in [-0.2, 0) is 0 Å². The molecule has 0 atom stereocenters. The van der Waals surface area contributed by atoms with E-state index in [2.05, 4.69) is 4.98 Å². The molecule has 0 unspecified atom stereocenters. The van der Waals surface area contributed by atoms with Crippen molar-refractivity contribution in [3.8, 4) is 28.7 Å². The third-order valence-corrected chi connectivity index (χ3v) is 3.33. The zero-order chi connectivity index (χ0) is 15.9. The van der Waals surface area contributed by atoms with Crippen molar-refractivity contribution in [3.63, 3.8) is 0 Å². The molecule has 0 radical (unpaired) electrons. The van der Waals surface area contributed by atoms with Gasteiger partial charge in [0.1, 0.15) is 5.52 Å². The number of nitrogens with two attached hydrogens (primary N) is 1. The van der Waals surface area contributed by atoms with Crippen molar-refractivity contribution < 1.29 is 18.6 Å². The molecule has 7 nitrogen and oxygen atoms in total. The minimum atomic E-state index is -0.441. The first-order chi connectivity index (χ1) is 10.6. The van der Waals surface area contributed by atoms with Gasteiger partial charge in [0.05, 0.1) is 27.0 Å². The van der Waals surface area contributed by atoms with Crippen LogP contribution in [0.5, 0.6) is 17.2 Å². The van der Waals surface area contributed by atoms with Gasteiger partial charge in [-0.15, -0.1) is 0 Å². The van der Waals surface area contributed by atoms with Crippen LogP contribution in [0, 0.1) is 0 Å². The van der Waals surface area contributed by atoms with Gasteiger partial charge in [0.25, 0.3) is 5.43 Å². The zero-order valence-electron chi connectivity index (χ0n) is 12.3. The number of anilines is 1. The minimum Gasteiger partial charge on any atom is -0.490 e. The fourth-order valence-electron chi connectivity index (χ4n) is 2.34. The average Bonchev–Trinajstić information content (AvgIpc) is 2.54. The van der Waals surface area contributed by atoms with Crippen LogP contribution in [0.3, 0.4) is 0 Å². The van der Waals surface area contributed by atoms with Gasteiger partial charge in [0, 0.05) is 0 Å². The van der Waals surface area contributed by atoms with Gasteiger partial charge >= 0.3 is 0 Å². The second-order valence-electron chi connectivity index (χ2n) is 4.52. The molecule has 0 saturated heterocycles. The van der Waals surface area contributed by atoms with Crippen LogP contribution in [0.2, 0.25) is 0 Å². The van der Waals surface area contributed by atoms with Gasteiger partial charge in [0.15, 0.2) is 11.3 Å². The molecular formula is C15H14N2O5. The number of ether oxygens (including phenoxy) is 3. The number of methoxy groups -OCH3 is 3. The van der Waals surface area contributed by atoms with E-state index in [1.165, 1.54) is 21.3 Å². The number of aromatic nitrogens is 1. The zero-order valence-corrected chi connectivity index (χ0v) is 12.3. The topological polar surface area (TPSA) is 96.8 Å². The summed E-state index contributed by atoms with van der Waals surface area (Å²) < 4.78 is 21.4. The average molecular weight is 302 g/mol. The smallest absolute Gasteiger partial charge is 0.253 e. The molecule has 0 amide bonds. The predicted molar refractivity (Wildman–Crippen MR) is 81.0 cm³/mol. The lowest BCUT2D eigenvalue weighted by atomic mass is 10.1. The number of hydrogen-bond donors (Lipinski definition) is 1. The van der Waals surface area contributed by atoms with Gasteiger partial charge in [-0.05, 0) is 12.1 Å². The number of fused-ring (bicyclic) bond motifs is 2. The van der Waals surface area contributed by atoms with Crippen molar-refractivity contribution in [1.29, 1.82) is 0 Å². The summed E-state index contributed by atoms with van der Waals surface area (Å²) in [5.74, 6) is 0.557. The first-order valence-electron chi connectivity index (χ1n) is 6.43. The molecule has 22 heavy (non-hydrogen) atoms. The summed E-state index contributed by atoms with van der Waals surface area (Å²) in [5, 5.41) is 0. The summed E-state index contributed by atoms with van der Waals surface area (Å²) in [6.07, 6.45) is 0. The number of benzene rings is 2. The van der Waals surface area contributed by atoms with Gasteiger partial charge < -0.3 is 24.4 Å². The van der Waals surface area contributed by atoms with E-state index < -0.39 is 5.43 Å². The van der Waals surface area contributed by atoms with E-state index in [-0.39, 0.29) is 28.7 Å². The molecule has 1 heterocycles. The van der Waals surface area contributed by atoms with Crippen LogP contribution in [0.4, 0.5) is 5.69 Å². The van der Waals surface area contributed by atoms with Crippen molar-refractivity contribution in [2.24, 2.45) is 0 Å². The van der Waals surface area contributed by atoms with Crippen LogP contribution >= 0.6 is 0 Å².